The Morgan fingerprint density at radius 3 is 2.17 bits per heavy atom. The average molecular weight is 326 g/mol. The van der Waals surface area contributed by atoms with E-state index >= 15 is 0 Å². The fraction of sp³-hybridized carbons (Fsp3) is 0.944. The molecule has 0 spiro atoms. The Balaban J connectivity index is 1.71. The van der Waals surface area contributed by atoms with Gasteiger partial charge in [0.05, 0.1) is 5.60 Å². The summed E-state index contributed by atoms with van der Waals surface area (Å²) in [5, 5.41) is 3.01. The van der Waals surface area contributed by atoms with E-state index in [2.05, 4.69) is 17.1 Å². The number of rotatable bonds is 3. The summed E-state index contributed by atoms with van der Waals surface area (Å²) in [6.07, 6.45) is 6.45. The first kappa shape index (κ1) is 18.5. The van der Waals surface area contributed by atoms with Gasteiger partial charge in [0, 0.05) is 32.3 Å². The number of likely N-dealkylation sites (tertiary alicyclic amines) is 1. The average Bonchev–Trinajstić information content (AvgIpc) is 2.47. The summed E-state index contributed by atoms with van der Waals surface area (Å²) in [6, 6.07) is 0.926. The van der Waals surface area contributed by atoms with Gasteiger partial charge in [-0.3, -0.25) is 0 Å². The van der Waals surface area contributed by atoms with Crippen molar-refractivity contribution in [3.63, 3.8) is 0 Å². The third-order valence-electron chi connectivity index (χ3n) is 5.27. The van der Waals surface area contributed by atoms with Gasteiger partial charge in [0.1, 0.15) is 5.60 Å². The van der Waals surface area contributed by atoms with Crippen molar-refractivity contribution in [1.29, 1.82) is 0 Å². The number of alkyl carbamates (subject to hydrolysis) is 1. The van der Waals surface area contributed by atoms with Crippen molar-refractivity contribution >= 4 is 6.09 Å². The molecule has 2 aliphatic rings. The molecule has 2 rings (SSSR count). The van der Waals surface area contributed by atoms with Crippen LogP contribution in [0.1, 0.15) is 66.2 Å². The van der Waals surface area contributed by atoms with Gasteiger partial charge in [-0.1, -0.05) is 0 Å². The lowest BCUT2D eigenvalue weighted by molar-refractivity contribution is -0.0441. The van der Waals surface area contributed by atoms with Crippen LogP contribution in [0.3, 0.4) is 0 Å². The molecule has 1 amide bonds. The highest BCUT2D eigenvalue weighted by Gasteiger charge is 2.34. The molecule has 5 nitrogen and oxygen atoms in total. The molecule has 0 atom stereocenters. The quantitative estimate of drug-likeness (QED) is 0.864. The van der Waals surface area contributed by atoms with E-state index in [0.717, 1.165) is 38.8 Å². The topological polar surface area (TPSA) is 50.8 Å². The molecular formula is C18H34N2O3. The molecule has 5 heteroatoms. The van der Waals surface area contributed by atoms with Crippen LogP contribution < -0.4 is 5.32 Å². The van der Waals surface area contributed by atoms with Gasteiger partial charge in [-0.05, 0) is 66.2 Å². The summed E-state index contributed by atoms with van der Waals surface area (Å²) in [4.78, 5) is 14.5. The molecule has 1 aliphatic heterocycles. The standard InChI is InChI=1S/C18H34N2O3/c1-17(2,3)23-16(21)19-14-8-12-20(13-9-14)15-6-10-18(4,22-5)11-7-15/h14-15H,6-13H2,1-5H3,(H,19,21). The number of nitrogens with zero attached hydrogens (tertiary/aromatic N) is 1. The largest absolute Gasteiger partial charge is 0.444 e. The van der Waals surface area contributed by atoms with Crippen molar-refractivity contribution in [3.05, 3.63) is 0 Å². The monoisotopic (exact) mass is 326 g/mol. The Hall–Kier alpha value is -0.810. The highest BCUT2D eigenvalue weighted by molar-refractivity contribution is 5.68. The molecular weight excluding hydrogens is 292 g/mol. The lowest BCUT2D eigenvalue weighted by Crippen LogP contribution is -2.50. The van der Waals surface area contributed by atoms with Gasteiger partial charge in [-0.25, -0.2) is 4.79 Å². The zero-order chi connectivity index (χ0) is 17.1. The number of nitrogens with one attached hydrogen (secondary N) is 1. The van der Waals surface area contributed by atoms with Crippen LogP contribution in [-0.4, -0.2) is 54.5 Å². The van der Waals surface area contributed by atoms with E-state index < -0.39 is 5.60 Å². The van der Waals surface area contributed by atoms with Crippen molar-refractivity contribution in [2.24, 2.45) is 0 Å². The second-order valence-electron chi connectivity index (χ2n) is 8.34. The molecule has 1 saturated heterocycles. The number of ether oxygens (including phenoxy) is 2. The molecule has 1 saturated carbocycles. The van der Waals surface area contributed by atoms with Gasteiger partial charge in [0.25, 0.3) is 0 Å². The second-order valence-corrected chi connectivity index (χ2v) is 8.34. The first-order chi connectivity index (χ1) is 10.7. The summed E-state index contributed by atoms with van der Waals surface area (Å²) in [7, 11) is 1.83. The van der Waals surface area contributed by atoms with Gasteiger partial charge in [0.2, 0.25) is 0 Å². The van der Waals surface area contributed by atoms with Crippen LogP contribution >= 0.6 is 0 Å². The number of carbonyl (C=O) groups is 1. The molecule has 2 fully saturated rings. The summed E-state index contributed by atoms with van der Waals surface area (Å²) < 4.78 is 11.0. The number of methoxy groups -OCH3 is 1. The van der Waals surface area contributed by atoms with Crippen LogP contribution in [0.2, 0.25) is 0 Å². The molecule has 0 radical (unpaired) electrons. The molecule has 0 aromatic heterocycles. The Morgan fingerprint density at radius 2 is 1.70 bits per heavy atom. The highest BCUT2D eigenvalue weighted by Crippen LogP contribution is 2.33. The Kier molecular flexibility index (Phi) is 5.95. The molecule has 1 heterocycles. The summed E-state index contributed by atoms with van der Waals surface area (Å²) in [5.41, 5.74) is -0.353. The van der Waals surface area contributed by atoms with E-state index in [1.54, 1.807) is 0 Å². The Bertz CT molecular complexity index is 390. The van der Waals surface area contributed by atoms with E-state index in [9.17, 15) is 4.79 Å². The van der Waals surface area contributed by atoms with Crippen LogP contribution in [0.4, 0.5) is 4.79 Å². The van der Waals surface area contributed by atoms with Crippen LogP contribution in [0.25, 0.3) is 0 Å². The van der Waals surface area contributed by atoms with E-state index in [1.165, 1.54) is 12.8 Å². The summed E-state index contributed by atoms with van der Waals surface area (Å²) in [5.74, 6) is 0. The molecule has 0 unspecified atom stereocenters. The minimum atomic E-state index is -0.430. The molecule has 0 aromatic rings. The second kappa shape index (κ2) is 7.39. The SMILES string of the molecule is COC1(C)CCC(N2CCC(NC(=O)OC(C)(C)C)CC2)CC1. The minimum absolute atomic E-state index is 0.0765. The van der Waals surface area contributed by atoms with Crippen molar-refractivity contribution in [3.8, 4) is 0 Å². The smallest absolute Gasteiger partial charge is 0.407 e. The van der Waals surface area contributed by atoms with Crippen molar-refractivity contribution < 1.29 is 14.3 Å². The minimum Gasteiger partial charge on any atom is -0.444 e. The van der Waals surface area contributed by atoms with Crippen molar-refractivity contribution in [2.75, 3.05) is 20.2 Å². The lowest BCUT2D eigenvalue weighted by atomic mass is 9.82. The van der Waals surface area contributed by atoms with Gasteiger partial charge in [0.15, 0.2) is 0 Å². The van der Waals surface area contributed by atoms with E-state index in [0.29, 0.717) is 6.04 Å². The summed E-state index contributed by atoms with van der Waals surface area (Å²) >= 11 is 0. The number of amides is 1. The van der Waals surface area contributed by atoms with Gasteiger partial charge >= 0.3 is 6.09 Å². The Morgan fingerprint density at radius 1 is 1.13 bits per heavy atom. The molecule has 0 bridgehead atoms. The van der Waals surface area contributed by atoms with Crippen LogP contribution in [0.5, 0.6) is 0 Å². The first-order valence-corrected chi connectivity index (χ1v) is 8.99. The first-order valence-electron chi connectivity index (χ1n) is 8.99. The normalized spacial score (nSPS) is 30.9. The van der Waals surface area contributed by atoms with Crippen molar-refractivity contribution in [1.82, 2.24) is 10.2 Å². The highest BCUT2D eigenvalue weighted by atomic mass is 16.6. The van der Waals surface area contributed by atoms with Crippen molar-refractivity contribution in [2.45, 2.75) is 89.5 Å². The van der Waals surface area contributed by atoms with Gasteiger partial charge in [-0.15, -0.1) is 0 Å². The molecule has 134 valence electrons. The van der Waals surface area contributed by atoms with E-state index in [1.807, 2.05) is 27.9 Å². The molecule has 0 aromatic carbocycles. The zero-order valence-corrected chi connectivity index (χ0v) is 15.5. The third kappa shape index (κ3) is 5.64. The summed E-state index contributed by atoms with van der Waals surface area (Å²) in [6.45, 7) is 10.0. The molecule has 23 heavy (non-hydrogen) atoms. The third-order valence-corrected chi connectivity index (χ3v) is 5.27. The maximum atomic E-state index is 11.9. The lowest BCUT2D eigenvalue weighted by Gasteiger charge is -2.43. The fourth-order valence-electron chi connectivity index (χ4n) is 3.67. The number of hydrogen-bond acceptors (Lipinski definition) is 4. The Labute approximate surface area is 141 Å². The maximum Gasteiger partial charge on any atom is 0.407 e. The molecule has 1 N–H and O–H groups in total. The van der Waals surface area contributed by atoms with Gasteiger partial charge < -0.3 is 19.7 Å². The maximum absolute atomic E-state index is 11.9. The van der Waals surface area contributed by atoms with Crippen LogP contribution in [-0.2, 0) is 9.47 Å². The van der Waals surface area contributed by atoms with E-state index in [4.69, 9.17) is 9.47 Å². The predicted octanol–water partition coefficient (Wildman–Crippen LogP) is 3.32. The van der Waals surface area contributed by atoms with Crippen LogP contribution in [0.15, 0.2) is 0 Å². The predicted molar refractivity (Wildman–Crippen MR) is 91.6 cm³/mol. The zero-order valence-electron chi connectivity index (χ0n) is 15.5. The number of hydrogen-bond donors (Lipinski definition) is 1. The van der Waals surface area contributed by atoms with E-state index in [-0.39, 0.29) is 17.7 Å². The van der Waals surface area contributed by atoms with Crippen LogP contribution in [0, 0.1) is 0 Å². The fourth-order valence-corrected chi connectivity index (χ4v) is 3.67. The van der Waals surface area contributed by atoms with Gasteiger partial charge in [-0.2, -0.15) is 0 Å². The number of carbonyl (C=O) groups excluding carboxylic acids is 1. The number of piperidine rings is 1. The molecule has 1 aliphatic carbocycles.